The van der Waals surface area contributed by atoms with Crippen LogP contribution in [0.4, 0.5) is 0 Å². The minimum atomic E-state index is 0.178. The maximum atomic E-state index is 8.90. The van der Waals surface area contributed by atoms with Crippen LogP contribution < -0.4 is 10.1 Å². The maximum absolute atomic E-state index is 8.90. The highest BCUT2D eigenvalue weighted by molar-refractivity contribution is 5.33. The summed E-state index contributed by atoms with van der Waals surface area (Å²) in [6, 6.07) is 7.92. The zero-order valence-electron chi connectivity index (χ0n) is 12.5. The lowest BCUT2D eigenvalue weighted by Gasteiger charge is -2.25. The largest absolute Gasteiger partial charge is 0.481 e. The summed E-state index contributed by atoms with van der Waals surface area (Å²) in [5.74, 6) is 3.32. The molecule has 0 aliphatic heterocycles. The van der Waals surface area contributed by atoms with Gasteiger partial charge in [-0.05, 0) is 24.3 Å². The molecule has 0 atom stereocenters. The normalized spacial score (nSPS) is 11.1. The summed E-state index contributed by atoms with van der Waals surface area (Å²) in [6.07, 6.45) is 7.07. The molecule has 3 heteroatoms. The van der Waals surface area contributed by atoms with Gasteiger partial charge < -0.3 is 15.2 Å². The average molecular weight is 275 g/mol. The van der Waals surface area contributed by atoms with Gasteiger partial charge >= 0.3 is 0 Å². The number of ether oxygens (including phenoxy) is 1. The number of para-hydroxylation sites is 1. The summed E-state index contributed by atoms with van der Waals surface area (Å²) >= 11 is 0. The van der Waals surface area contributed by atoms with Crippen LogP contribution in [0.1, 0.15) is 32.3 Å². The zero-order valence-corrected chi connectivity index (χ0v) is 12.5. The monoisotopic (exact) mass is 275 g/mol. The van der Waals surface area contributed by atoms with Crippen LogP contribution in [0.2, 0.25) is 0 Å². The highest BCUT2D eigenvalue weighted by atomic mass is 16.5. The molecule has 2 N–H and O–H groups in total. The van der Waals surface area contributed by atoms with Crippen LogP contribution >= 0.6 is 0 Å². The van der Waals surface area contributed by atoms with Crippen molar-refractivity contribution in [2.75, 3.05) is 19.8 Å². The highest BCUT2D eigenvalue weighted by Crippen LogP contribution is 2.22. The van der Waals surface area contributed by atoms with Crippen molar-refractivity contribution in [3.05, 3.63) is 29.8 Å². The van der Waals surface area contributed by atoms with Crippen LogP contribution in [0.25, 0.3) is 0 Å². The van der Waals surface area contributed by atoms with Crippen molar-refractivity contribution >= 4 is 0 Å². The van der Waals surface area contributed by atoms with Crippen molar-refractivity contribution in [2.45, 2.75) is 33.2 Å². The van der Waals surface area contributed by atoms with Gasteiger partial charge in [0.1, 0.15) is 12.4 Å². The second-order valence-corrected chi connectivity index (χ2v) is 5.70. The first kappa shape index (κ1) is 16.6. The third-order valence-electron chi connectivity index (χ3n) is 3.21. The zero-order chi connectivity index (χ0) is 14.8. The Morgan fingerprint density at radius 1 is 1.35 bits per heavy atom. The van der Waals surface area contributed by atoms with Gasteiger partial charge in [0.25, 0.3) is 0 Å². The Morgan fingerprint density at radius 3 is 2.80 bits per heavy atom. The summed E-state index contributed by atoms with van der Waals surface area (Å²) in [5, 5.41) is 12.4. The number of benzene rings is 1. The van der Waals surface area contributed by atoms with Gasteiger partial charge in [-0.1, -0.05) is 38.0 Å². The molecule has 0 aliphatic carbocycles. The number of rotatable bonds is 9. The first-order valence-electron chi connectivity index (χ1n) is 7.05. The fraction of sp³-hybridized carbons (Fsp3) is 0.529. The fourth-order valence-electron chi connectivity index (χ4n) is 2.09. The Bertz CT molecular complexity index is 435. The van der Waals surface area contributed by atoms with Crippen LogP contribution in [0.5, 0.6) is 5.75 Å². The lowest BCUT2D eigenvalue weighted by Crippen LogP contribution is -2.29. The molecule has 0 aromatic heterocycles. The topological polar surface area (TPSA) is 41.5 Å². The van der Waals surface area contributed by atoms with Crippen molar-refractivity contribution in [2.24, 2.45) is 5.41 Å². The Balaban J connectivity index is 2.47. The number of nitrogens with one attached hydrogen (secondary N) is 1. The van der Waals surface area contributed by atoms with E-state index in [-0.39, 0.29) is 12.0 Å². The molecule has 0 amide bonds. The van der Waals surface area contributed by atoms with E-state index in [1.54, 1.807) is 0 Å². The number of aliphatic hydroxyl groups is 1. The van der Waals surface area contributed by atoms with E-state index in [2.05, 4.69) is 25.1 Å². The van der Waals surface area contributed by atoms with Gasteiger partial charge in [-0.3, -0.25) is 0 Å². The first-order chi connectivity index (χ1) is 9.59. The number of terminal acetylenes is 1. The highest BCUT2D eigenvalue weighted by Gasteiger charge is 2.16. The molecule has 110 valence electrons. The predicted molar refractivity (Wildman–Crippen MR) is 82.6 cm³/mol. The van der Waals surface area contributed by atoms with Crippen LogP contribution in [-0.2, 0) is 6.54 Å². The number of aliphatic hydroxyl groups excluding tert-OH is 1. The molecule has 0 fully saturated rings. The SMILES string of the molecule is C#CCOc1ccccc1CNCC(C)(C)CCCO. The molecule has 0 spiro atoms. The second kappa shape index (κ2) is 8.63. The summed E-state index contributed by atoms with van der Waals surface area (Å²) in [7, 11) is 0. The molecule has 0 unspecified atom stereocenters. The van der Waals surface area contributed by atoms with Crippen molar-refractivity contribution in [3.8, 4) is 18.1 Å². The van der Waals surface area contributed by atoms with E-state index < -0.39 is 0 Å². The molecule has 1 aromatic carbocycles. The Hall–Kier alpha value is -1.50. The van der Waals surface area contributed by atoms with E-state index in [1.807, 2.05) is 24.3 Å². The Morgan fingerprint density at radius 2 is 2.10 bits per heavy atom. The molecule has 20 heavy (non-hydrogen) atoms. The van der Waals surface area contributed by atoms with Gasteiger partial charge in [0.15, 0.2) is 0 Å². The third kappa shape index (κ3) is 6.10. The van der Waals surface area contributed by atoms with Gasteiger partial charge in [0.05, 0.1) is 0 Å². The molecule has 0 saturated carbocycles. The molecular formula is C17H25NO2. The van der Waals surface area contributed by atoms with E-state index in [4.69, 9.17) is 16.3 Å². The minimum Gasteiger partial charge on any atom is -0.481 e. The quantitative estimate of drug-likeness (QED) is 0.681. The Kier molecular flexibility index (Phi) is 7.14. The lowest BCUT2D eigenvalue weighted by molar-refractivity contribution is 0.236. The molecule has 0 radical (unpaired) electrons. The fourth-order valence-corrected chi connectivity index (χ4v) is 2.09. The molecule has 0 bridgehead atoms. The van der Waals surface area contributed by atoms with Crippen molar-refractivity contribution in [1.82, 2.24) is 5.32 Å². The van der Waals surface area contributed by atoms with Crippen LogP contribution in [0.15, 0.2) is 24.3 Å². The minimum absolute atomic E-state index is 0.178. The van der Waals surface area contributed by atoms with E-state index in [1.165, 1.54) is 0 Å². The Labute approximate surface area is 122 Å². The van der Waals surface area contributed by atoms with Gasteiger partial charge in [-0.25, -0.2) is 0 Å². The number of hydrogen-bond donors (Lipinski definition) is 2. The lowest BCUT2D eigenvalue weighted by atomic mass is 9.88. The maximum Gasteiger partial charge on any atom is 0.148 e. The molecule has 0 saturated heterocycles. The van der Waals surface area contributed by atoms with E-state index in [9.17, 15) is 0 Å². The summed E-state index contributed by atoms with van der Waals surface area (Å²) in [6.45, 7) is 6.61. The van der Waals surface area contributed by atoms with Crippen molar-refractivity contribution < 1.29 is 9.84 Å². The van der Waals surface area contributed by atoms with E-state index in [0.29, 0.717) is 6.61 Å². The first-order valence-corrected chi connectivity index (χ1v) is 7.05. The molecule has 1 rings (SSSR count). The predicted octanol–water partition coefficient (Wildman–Crippen LogP) is 2.59. The van der Waals surface area contributed by atoms with Crippen molar-refractivity contribution in [1.29, 1.82) is 0 Å². The second-order valence-electron chi connectivity index (χ2n) is 5.70. The number of hydrogen-bond acceptors (Lipinski definition) is 3. The smallest absolute Gasteiger partial charge is 0.148 e. The van der Waals surface area contributed by atoms with Gasteiger partial charge in [-0.2, -0.15) is 0 Å². The van der Waals surface area contributed by atoms with E-state index in [0.717, 1.165) is 37.2 Å². The molecule has 0 aliphatic rings. The van der Waals surface area contributed by atoms with E-state index >= 15 is 0 Å². The summed E-state index contributed by atoms with van der Waals surface area (Å²) in [5.41, 5.74) is 1.29. The van der Waals surface area contributed by atoms with Crippen molar-refractivity contribution in [3.63, 3.8) is 0 Å². The third-order valence-corrected chi connectivity index (χ3v) is 3.21. The molecule has 0 heterocycles. The van der Waals surface area contributed by atoms with Gasteiger partial charge in [-0.15, -0.1) is 6.42 Å². The van der Waals surface area contributed by atoms with Crippen LogP contribution in [-0.4, -0.2) is 24.9 Å². The summed E-state index contributed by atoms with van der Waals surface area (Å²) < 4.78 is 5.52. The van der Waals surface area contributed by atoms with Crippen LogP contribution in [0, 0.1) is 17.8 Å². The standard InChI is InChI=1S/C17H25NO2/c1-4-12-20-16-9-6-5-8-15(16)13-18-14-17(2,3)10-7-11-19/h1,5-6,8-9,18-19H,7,10-14H2,2-3H3. The summed E-state index contributed by atoms with van der Waals surface area (Å²) in [4.78, 5) is 0. The van der Waals surface area contributed by atoms with Gasteiger partial charge in [0.2, 0.25) is 0 Å². The molecule has 1 aromatic rings. The van der Waals surface area contributed by atoms with Gasteiger partial charge in [0, 0.05) is 25.3 Å². The molecular weight excluding hydrogens is 250 g/mol. The average Bonchev–Trinajstić information content (AvgIpc) is 2.44. The molecule has 3 nitrogen and oxygen atoms in total. The van der Waals surface area contributed by atoms with Crippen LogP contribution in [0.3, 0.4) is 0 Å².